The maximum absolute atomic E-state index is 5.51. The quantitative estimate of drug-likeness (QED) is 0.825. The van der Waals surface area contributed by atoms with E-state index in [-0.39, 0.29) is 0 Å². The van der Waals surface area contributed by atoms with Crippen molar-refractivity contribution in [2.24, 2.45) is 5.92 Å². The highest BCUT2D eigenvalue weighted by molar-refractivity contribution is 5.45. The van der Waals surface area contributed by atoms with E-state index in [1.54, 1.807) is 7.11 Å². The second-order valence-corrected chi connectivity index (χ2v) is 5.00. The summed E-state index contributed by atoms with van der Waals surface area (Å²) in [6.45, 7) is 7.70. The molecule has 1 aliphatic heterocycles. The summed E-state index contributed by atoms with van der Waals surface area (Å²) in [6.07, 6.45) is 1.21. The van der Waals surface area contributed by atoms with Gasteiger partial charge in [0, 0.05) is 11.6 Å². The largest absolute Gasteiger partial charge is 0.496 e. The number of ether oxygens (including phenoxy) is 1. The summed E-state index contributed by atoms with van der Waals surface area (Å²) in [5.41, 5.74) is 3.95. The zero-order valence-electron chi connectivity index (χ0n) is 10.6. The van der Waals surface area contributed by atoms with E-state index < -0.39 is 0 Å². The molecule has 0 unspecified atom stereocenters. The van der Waals surface area contributed by atoms with Gasteiger partial charge in [0.15, 0.2) is 0 Å². The van der Waals surface area contributed by atoms with E-state index in [9.17, 15) is 0 Å². The third-order valence-electron chi connectivity index (χ3n) is 3.41. The molecule has 1 saturated heterocycles. The number of aryl methyl sites for hydroxylation is 2. The summed E-state index contributed by atoms with van der Waals surface area (Å²) in [6, 6.07) is 4.83. The SMILES string of the molecule is COc1cc(C)cc(C)c1[C@H]1C[C@H](C)CN1. The topological polar surface area (TPSA) is 21.3 Å². The third-order valence-corrected chi connectivity index (χ3v) is 3.41. The molecule has 2 nitrogen and oxygen atoms in total. The van der Waals surface area contributed by atoms with Crippen LogP contribution in [0.2, 0.25) is 0 Å². The minimum absolute atomic E-state index is 0.463. The van der Waals surface area contributed by atoms with E-state index in [0.717, 1.165) is 18.2 Å². The third kappa shape index (κ3) is 2.07. The standard InChI is InChI=1S/C14H21NO/c1-9-5-11(3)14(13(7-9)16-4)12-6-10(2)8-15-12/h5,7,10,12,15H,6,8H2,1-4H3/t10-,12+/m0/s1. The lowest BCUT2D eigenvalue weighted by molar-refractivity contribution is 0.401. The van der Waals surface area contributed by atoms with Gasteiger partial charge in [-0.2, -0.15) is 0 Å². The fourth-order valence-corrected chi connectivity index (χ4v) is 2.69. The van der Waals surface area contributed by atoms with Crippen LogP contribution in [0.5, 0.6) is 5.75 Å². The van der Waals surface area contributed by atoms with Gasteiger partial charge in [0.25, 0.3) is 0 Å². The molecule has 1 heterocycles. The maximum atomic E-state index is 5.51. The first-order valence-electron chi connectivity index (χ1n) is 6.00. The Labute approximate surface area is 98.0 Å². The van der Waals surface area contributed by atoms with E-state index in [0.29, 0.717) is 6.04 Å². The highest BCUT2D eigenvalue weighted by Gasteiger charge is 2.26. The second-order valence-electron chi connectivity index (χ2n) is 5.00. The van der Waals surface area contributed by atoms with Crippen molar-refractivity contribution in [3.05, 3.63) is 28.8 Å². The molecular formula is C14H21NO. The van der Waals surface area contributed by atoms with Gasteiger partial charge in [-0.05, 0) is 49.9 Å². The molecule has 1 aromatic rings. The highest BCUT2D eigenvalue weighted by Crippen LogP contribution is 2.35. The average molecular weight is 219 g/mol. The minimum atomic E-state index is 0.463. The summed E-state index contributed by atoms with van der Waals surface area (Å²) in [7, 11) is 1.76. The molecule has 0 amide bonds. The Kier molecular flexibility index (Phi) is 3.20. The van der Waals surface area contributed by atoms with Crippen molar-refractivity contribution in [3.8, 4) is 5.75 Å². The Morgan fingerprint density at radius 2 is 2.06 bits per heavy atom. The number of hydrogen-bond donors (Lipinski definition) is 1. The summed E-state index contributed by atoms with van der Waals surface area (Å²) in [5.74, 6) is 1.79. The molecule has 0 saturated carbocycles. The van der Waals surface area contributed by atoms with Crippen LogP contribution < -0.4 is 10.1 Å². The Balaban J connectivity index is 2.39. The van der Waals surface area contributed by atoms with Gasteiger partial charge in [0.1, 0.15) is 5.75 Å². The van der Waals surface area contributed by atoms with E-state index in [2.05, 4.69) is 38.2 Å². The van der Waals surface area contributed by atoms with Gasteiger partial charge in [-0.25, -0.2) is 0 Å². The van der Waals surface area contributed by atoms with Crippen LogP contribution in [0.1, 0.15) is 36.1 Å². The summed E-state index contributed by atoms with van der Waals surface area (Å²) >= 11 is 0. The minimum Gasteiger partial charge on any atom is -0.496 e. The molecule has 0 bridgehead atoms. The van der Waals surface area contributed by atoms with Gasteiger partial charge < -0.3 is 10.1 Å². The Bertz CT molecular complexity index is 387. The van der Waals surface area contributed by atoms with Crippen LogP contribution in [0.3, 0.4) is 0 Å². The molecule has 88 valence electrons. The molecule has 2 heteroatoms. The summed E-state index contributed by atoms with van der Waals surface area (Å²) < 4.78 is 5.51. The normalized spacial score (nSPS) is 24.8. The summed E-state index contributed by atoms with van der Waals surface area (Å²) in [4.78, 5) is 0. The molecular weight excluding hydrogens is 198 g/mol. The zero-order valence-corrected chi connectivity index (χ0v) is 10.6. The van der Waals surface area contributed by atoms with Crippen molar-refractivity contribution < 1.29 is 4.74 Å². The van der Waals surface area contributed by atoms with Crippen molar-refractivity contribution in [2.45, 2.75) is 33.2 Å². The molecule has 1 fully saturated rings. The van der Waals surface area contributed by atoms with Crippen LogP contribution in [-0.4, -0.2) is 13.7 Å². The second kappa shape index (κ2) is 4.46. The van der Waals surface area contributed by atoms with E-state index in [1.165, 1.54) is 23.1 Å². The predicted molar refractivity (Wildman–Crippen MR) is 67.0 cm³/mol. The number of methoxy groups -OCH3 is 1. The van der Waals surface area contributed by atoms with E-state index in [1.807, 2.05) is 0 Å². The fraction of sp³-hybridized carbons (Fsp3) is 0.571. The van der Waals surface area contributed by atoms with Crippen molar-refractivity contribution in [2.75, 3.05) is 13.7 Å². The van der Waals surface area contributed by atoms with Crippen molar-refractivity contribution >= 4 is 0 Å². The molecule has 1 N–H and O–H groups in total. The first-order chi connectivity index (χ1) is 7.61. The van der Waals surface area contributed by atoms with Crippen LogP contribution in [0, 0.1) is 19.8 Å². The van der Waals surface area contributed by atoms with Gasteiger partial charge in [0.2, 0.25) is 0 Å². The lowest BCUT2D eigenvalue weighted by Gasteiger charge is -2.18. The molecule has 0 aliphatic carbocycles. The smallest absolute Gasteiger partial charge is 0.124 e. The van der Waals surface area contributed by atoms with E-state index >= 15 is 0 Å². The van der Waals surface area contributed by atoms with Crippen LogP contribution in [0.25, 0.3) is 0 Å². The zero-order chi connectivity index (χ0) is 11.7. The molecule has 1 aliphatic rings. The molecule has 0 radical (unpaired) electrons. The fourth-order valence-electron chi connectivity index (χ4n) is 2.69. The number of hydrogen-bond acceptors (Lipinski definition) is 2. The maximum Gasteiger partial charge on any atom is 0.124 e. The van der Waals surface area contributed by atoms with Crippen molar-refractivity contribution in [1.29, 1.82) is 0 Å². The number of nitrogens with one attached hydrogen (secondary N) is 1. The predicted octanol–water partition coefficient (Wildman–Crippen LogP) is 2.98. The van der Waals surface area contributed by atoms with Crippen molar-refractivity contribution in [1.82, 2.24) is 5.32 Å². The van der Waals surface area contributed by atoms with Crippen LogP contribution in [-0.2, 0) is 0 Å². The average Bonchev–Trinajstić information content (AvgIpc) is 2.63. The number of rotatable bonds is 2. The number of benzene rings is 1. The molecule has 1 aromatic carbocycles. The monoisotopic (exact) mass is 219 g/mol. The summed E-state index contributed by atoms with van der Waals surface area (Å²) in [5, 5.41) is 3.58. The van der Waals surface area contributed by atoms with E-state index in [4.69, 9.17) is 4.74 Å². The first kappa shape index (κ1) is 11.5. The Morgan fingerprint density at radius 3 is 2.62 bits per heavy atom. The lowest BCUT2D eigenvalue weighted by Crippen LogP contribution is -2.15. The Hall–Kier alpha value is -1.02. The van der Waals surface area contributed by atoms with Crippen molar-refractivity contribution in [3.63, 3.8) is 0 Å². The Morgan fingerprint density at radius 1 is 1.31 bits per heavy atom. The molecule has 2 rings (SSSR count). The first-order valence-corrected chi connectivity index (χ1v) is 6.00. The molecule has 2 atom stereocenters. The van der Waals surface area contributed by atoms with Crippen LogP contribution in [0.15, 0.2) is 12.1 Å². The molecule has 16 heavy (non-hydrogen) atoms. The van der Waals surface area contributed by atoms with Gasteiger partial charge >= 0.3 is 0 Å². The van der Waals surface area contributed by atoms with Gasteiger partial charge in [-0.1, -0.05) is 13.0 Å². The lowest BCUT2D eigenvalue weighted by atomic mass is 9.95. The molecule has 0 aromatic heterocycles. The van der Waals surface area contributed by atoms with Gasteiger partial charge in [-0.15, -0.1) is 0 Å². The van der Waals surface area contributed by atoms with Gasteiger partial charge in [0.05, 0.1) is 7.11 Å². The van der Waals surface area contributed by atoms with Gasteiger partial charge in [-0.3, -0.25) is 0 Å². The van der Waals surface area contributed by atoms with Crippen LogP contribution >= 0.6 is 0 Å². The van der Waals surface area contributed by atoms with Crippen LogP contribution in [0.4, 0.5) is 0 Å². The molecule has 0 spiro atoms. The highest BCUT2D eigenvalue weighted by atomic mass is 16.5.